The molecule has 0 spiro atoms. The van der Waals surface area contributed by atoms with Crippen LogP contribution in [0.5, 0.6) is 0 Å². The molecule has 3 heterocycles. The number of aromatic nitrogens is 3. The highest BCUT2D eigenvalue weighted by molar-refractivity contribution is 6.01. The number of benzene rings is 2. The van der Waals surface area contributed by atoms with Gasteiger partial charge in [0, 0.05) is 68.0 Å². The van der Waals surface area contributed by atoms with Gasteiger partial charge in [0.1, 0.15) is 0 Å². The molecule has 192 valence electrons. The van der Waals surface area contributed by atoms with E-state index in [-0.39, 0.29) is 11.7 Å². The van der Waals surface area contributed by atoms with Crippen LogP contribution in [0, 0.1) is 12.8 Å². The van der Waals surface area contributed by atoms with Crippen molar-refractivity contribution < 1.29 is 18.7 Å². The maximum absolute atomic E-state index is 13.0. The first-order chi connectivity index (χ1) is 18.0. The van der Waals surface area contributed by atoms with E-state index in [9.17, 15) is 9.59 Å². The second-order valence-corrected chi connectivity index (χ2v) is 9.72. The zero-order chi connectivity index (χ0) is 25.8. The normalized spacial score (nSPS) is 14.4. The molecule has 1 aliphatic rings. The number of methoxy groups -OCH3 is 1. The summed E-state index contributed by atoms with van der Waals surface area (Å²) in [5, 5.41) is 5.79. The summed E-state index contributed by atoms with van der Waals surface area (Å²) in [4.78, 5) is 31.5. The predicted molar refractivity (Wildman–Crippen MR) is 140 cm³/mol. The molecule has 0 saturated carbocycles. The average Bonchev–Trinajstić information content (AvgIpc) is 3.60. The molecule has 4 aromatic rings. The molecular formula is C29H32N4O4. The molecule has 0 N–H and O–H groups in total. The first kappa shape index (κ1) is 24.9. The maximum Gasteiger partial charge on any atom is 0.253 e. The summed E-state index contributed by atoms with van der Waals surface area (Å²) in [6.45, 7) is 4.85. The van der Waals surface area contributed by atoms with Gasteiger partial charge in [-0.05, 0) is 61.9 Å². The number of hydrogen-bond donors (Lipinski definition) is 0. The van der Waals surface area contributed by atoms with Crippen LogP contribution in [0.1, 0.15) is 52.0 Å². The van der Waals surface area contributed by atoms with Gasteiger partial charge >= 0.3 is 0 Å². The lowest BCUT2D eigenvalue weighted by molar-refractivity contribution is 0.0681. The Hall–Kier alpha value is -3.78. The summed E-state index contributed by atoms with van der Waals surface area (Å²) in [5.74, 6) is 1.34. The predicted octanol–water partition coefficient (Wildman–Crippen LogP) is 5.16. The van der Waals surface area contributed by atoms with E-state index in [1.807, 2.05) is 52.9 Å². The second kappa shape index (κ2) is 11.1. The van der Waals surface area contributed by atoms with E-state index < -0.39 is 0 Å². The minimum atomic E-state index is 0.0609. The number of oxazole rings is 1. The van der Waals surface area contributed by atoms with E-state index >= 15 is 0 Å². The molecule has 8 heteroatoms. The highest BCUT2D eigenvalue weighted by Gasteiger charge is 2.24. The summed E-state index contributed by atoms with van der Waals surface area (Å²) in [5.41, 5.74) is 4.25. The minimum absolute atomic E-state index is 0.0609. The van der Waals surface area contributed by atoms with Gasteiger partial charge in [0.2, 0.25) is 0 Å². The van der Waals surface area contributed by atoms with Gasteiger partial charge in [-0.1, -0.05) is 12.1 Å². The summed E-state index contributed by atoms with van der Waals surface area (Å²) in [6.07, 6.45) is 8.19. The van der Waals surface area contributed by atoms with Crippen LogP contribution in [-0.2, 0) is 11.3 Å². The summed E-state index contributed by atoms with van der Waals surface area (Å²) in [7, 11) is 1.65. The van der Waals surface area contributed by atoms with Crippen LogP contribution in [0.15, 0.2) is 59.6 Å². The number of carbonyl (C=O) groups is 2. The van der Waals surface area contributed by atoms with Crippen molar-refractivity contribution in [2.45, 2.75) is 39.2 Å². The summed E-state index contributed by atoms with van der Waals surface area (Å²) in [6, 6.07) is 11.3. The number of Topliss-reactive ketones (excluding diaryl/α,β-unsaturated/α-hetero) is 1. The van der Waals surface area contributed by atoms with Crippen LogP contribution in [0.2, 0.25) is 0 Å². The third kappa shape index (κ3) is 5.49. The Kier molecular flexibility index (Phi) is 7.46. The Labute approximate surface area is 216 Å². The SMILES string of the molecule is COCCCC(=O)c1ccc2nn(CC3CCN(C(=O)c4ccc(-c5cnco5)cc4)CC3)cc2c1C. The molecule has 1 aliphatic heterocycles. The van der Waals surface area contributed by atoms with Crippen LogP contribution in [0.4, 0.5) is 0 Å². The molecule has 0 atom stereocenters. The molecule has 37 heavy (non-hydrogen) atoms. The number of rotatable bonds is 9. The third-order valence-electron chi connectivity index (χ3n) is 7.25. The van der Waals surface area contributed by atoms with Gasteiger partial charge < -0.3 is 14.1 Å². The molecule has 0 bridgehead atoms. The minimum Gasteiger partial charge on any atom is -0.444 e. The molecule has 0 radical (unpaired) electrons. The van der Waals surface area contributed by atoms with Gasteiger partial charge in [0.25, 0.3) is 5.91 Å². The largest absolute Gasteiger partial charge is 0.444 e. The topological polar surface area (TPSA) is 90.5 Å². The van der Waals surface area contributed by atoms with Crippen molar-refractivity contribution in [3.8, 4) is 11.3 Å². The van der Waals surface area contributed by atoms with Gasteiger partial charge in [-0.15, -0.1) is 0 Å². The number of hydrogen-bond acceptors (Lipinski definition) is 6. The van der Waals surface area contributed by atoms with E-state index in [0.29, 0.717) is 30.3 Å². The van der Waals surface area contributed by atoms with Crippen LogP contribution in [0.25, 0.3) is 22.2 Å². The zero-order valence-electron chi connectivity index (χ0n) is 21.4. The Morgan fingerprint density at radius 3 is 2.59 bits per heavy atom. The van der Waals surface area contributed by atoms with Gasteiger partial charge in [-0.25, -0.2) is 4.98 Å². The number of fused-ring (bicyclic) bond motifs is 1. The summed E-state index contributed by atoms with van der Waals surface area (Å²) < 4.78 is 12.4. The van der Waals surface area contributed by atoms with E-state index in [1.165, 1.54) is 6.39 Å². The van der Waals surface area contributed by atoms with Gasteiger partial charge in [0.05, 0.1) is 11.7 Å². The fourth-order valence-corrected chi connectivity index (χ4v) is 5.09. The molecule has 2 aromatic heterocycles. The highest BCUT2D eigenvalue weighted by atomic mass is 16.5. The molecular weight excluding hydrogens is 468 g/mol. The molecule has 1 fully saturated rings. The van der Waals surface area contributed by atoms with Crippen molar-refractivity contribution in [3.63, 3.8) is 0 Å². The van der Waals surface area contributed by atoms with Gasteiger partial charge in [-0.2, -0.15) is 5.10 Å². The van der Waals surface area contributed by atoms with Gasteiger partial charge in [0.15, 0.2) is 17.9 Å². The van der Waals surface area contributed by atoms with E-state index in [2.05, 4.69) is 11.2 Å². The number of ether oxygens (including phenoxy) is 1. The first-order valence-corrected chi connectivity index (χ1v) is 12.8. The Bertz CT molecular complexity index is 1370. The van der Waals surface area contributed by atoms with Crippen LogP contribution in [0.3, 0.4) is 0 Å². The molecule has 1 amide bonds. The number of aryl methyl sites for hydroxylation is 1. The van der Waals surface area contributed by atoms with Gasteiger partial charge in [-0.3, -0.25) is 14.3 Å². The lowest BCUT2D eigenvalue weighted by atomic mass is 9.96. The fourth-order valence-electron chi connectivity index (χ4n) is 5.09. The van der Waals surface area contributed by atoms with Crippen molar-refractivity contribution in [1.29, 1.82) is 0 Å². The van der Waals surface area contributed by atoms with E-state index in [4.69, 9.17) is 14.3 Å². The number of carbonyl (C=O) groups excluding carboxylic acids is 2. The second-order valence-electron chi connectivity index (χ2n) is 9.72. The van der Waals surface area contributed by atoms with Crippen LogP contribution < -0.4 is 0 Å². The zero-order valence-corrected chi connectivity index (χ0v) is 21.4. The smallest absolute Gasteiger partial charge is 0.253 e. The lowest BCUT2D eigenvalue weighted by Gasteiger charge is -2.32. The van der Waals surface area contributed by atoms with Crippen molar-refractivity contribution in [1.82, 2.24) is 19.7 Å². The lowest BCUT2D eigenvalue weighted by Crippen LogP contribution is -2.39. The number of nitrogens with zero attached hydrogens (tertiary/aromatic N) is 4. The van der Waals surface area contributed by atoms with Crippen LogP contribution >= 0.6 is 0 Å². The van der Waals surface area contributed by atoms with E-state index in [1.54, 1.807) is 13.3 Å². The Morgan fingerprint density at radius 1 is 1.11 bits per heavy atom. The molecule has 2 aromatic carbocycles. The van der Waals surface area contributed by atoms with E-state index in [0.717, 1.165) is 66.5 Å². The number of likely N-dealkylation sites (tertiary alicyclic amines) is 1. The molecule has 5 rings (SSSR count). The number of ketones is 1. The Balaban J connectivity index is 1.18. The van der Waals surface area contributed by atoms with Crippen molar-refractivity contribution >= 4 is 22.6 Å². The van der Waals surface area contributed by atoms with Crippen molar-refractivity contribution in [2.24, 2.45) is 5.92 Å². The Morgan fingerprint density at radius 2 is 1.89 bits per heavy atom. The molecule has 1 saturated heterocycles. The number of amides is 1. The van der Waals surface area contributed by atoms with Crippen molar-refractivity contribution in [3.05, 3.63) is 71.9 Å². The first-order valence-electron chi connectivity index (χ1n) is 12.8. The summed E-state index contributed by atoms with van der Waals surface area (Å²) >= 11 is 0. The fraction of sp³-hybridized carbons (Fsp3) is 0.379. The standard InChI is InChI=1S/C29H32N4O4/c1-20-24(27(34)4-3-15-36-2)9-10-26-25(20)18-33(31-26)17-21-11-13-32(14-12-21)29(35)23-7-5-22(6-8-23)28-16-30-19-37-28/h5-10,16,18-19,21H,3-4,11-15,17H2,1-2H3. The van der Waals surface area contributed by atoms with Crippen molar-refractivity contribution in [2.75, 3.05) is 26.8 Å². The average molecular weight is 501 g/mol. The molecule has 0 aliphatic carbocycles. The van der Waals surface area contributed by atoms with Crippen LogP contribution in [-0.4, -0.2) is 58.2 Å². The third-order valence-corrected chi connectivity index (χ3v) is 7.25. The maximum atomic E-state index is 13.0. The highest BCUT2D eigenvalue weighted by Crippen LogP contribution is 2.26. The quantitative estimate of drug-likeness (QED) is 0.233. The molecule has 0 unspecified atom stereocenters. The monoisotopic (exact) mass is 500 g/mol. The molecule has 8 nitrogen and oxygen atoms in total. The number of piperidine rings is 1.